The lowest BCUT2D eigenvalue weighted by molar-refractivity contribution is 0.102. The number of hydrogen-bond donors (Lipinski definition) is 2. The lowest BCUT2D eigenvalue weighted by atomic mass is 10.2. The molecule has 1 amide bonds. The molecular formula is C15H17N3O2. The Morgan fingerprint density at radius 2 is 2.20 bits per heavy atom. The zero-order chi connectivity index (χ0) is 14.4. The minimum atomic E-state index is -0.175. The van der Waals surface area contributed by atoms with Gasteiger partial charge in [0, 0.05) is 26.0 Å². The standard InChI is InChI=1S/C15H17N3O2/c1-16-14-9-17-7-6-13(14)15(19)18-12-5-3-4-11(8-12)10-20-2/h3-9,16H,10H2,1-2H3,(H,18,19). The van der Waals surface area contributed by atoms with Crippen molar-refractivity contribution in [3.8, 4) is 0 Å². The minimum Gasteiger partial charge on any atom is -0.386 e. The molecule has 0 spiro atoms. The number of aromatic nitrogens is 1. The van der Waals surface area contributed by atoms with Crippen molar-refractivity contribution in [2.45, 2.75) is 6.61 Å². The van der Waals surface area contributed by atoms with Crippen LogP contribution in [0.5, 0.6) is 0 Å². The predicted molar refractivity (Wildman–Crippen MR) is 78.9 cm³/mol. The lowest BCUT2D eigenvalue weighted by Gasteiger charge is -2.10. The molecule has 1 heterocycles. The number of carbonyl (C=O) groups excluding carboxylic acids is 1. The molecule has 5 heteroatoms. The van der Waals surface area contributed by atoms with Crippen LogP contribution in [0.1, 0.15) is 15.9 Å². The Kier molecular flexibility index (Phi) is 4.68. The summed E-state index contributed by atoms with van der Waals surface area (Å²) in [7, 11) is 3.40. The van der Waals surface area contributed by atoms with Gasteiger partial charge in [-0.1, -0.05) is 12.1 Å². The zero-order valence-electron chi connectivity index (χ0n) is 11.5. The quantitative estimate of drug-likeness (QED) is 0.877. The third-order valence-electron chi connectivity index (χ3n) is 2.83. The van der Waals surface area contributed by atoms with Crippen LogP contribution in [0.2, 0.25) is 0 Å². The number of benzene rings is 1. The number of carbonyl (C=O) groups is 1. The molecule has 0 aliphatic rings. The molecule has 0 radical (unpaired) electrons. The molecule has 1 aromatic carbocycles. The molecule has 0 saturated heterocycles. The molecule has 0 unspecified atom stereocenters. The van der Waals surface area contributed by atoms with Crippen molar-refractivity contribution in [1.29, 1.82) is 0 Å². The van der Waals surface area contributed by atoms with E-state index in [2.05, 4.69) is 15.6 Å². The number of amides is 1. The van der Waals surface area contributed by atoms with E-state index in [0.717, 1.165) is 11.3 Å². The third-order valence-corrected chi connectivity index (χ3v) is 2.83. The van der Waals surface area contributed by atoms with E-state index in [1.54, 1.807) is 32.6 Å². The first kappa shape index (κ1) is 14.0. The van der Waals surface area contributed by atoms with Gasteiger partial charge in [-0.05, 0) is 23.8 Å². The van der Waals surface area contributed by atoms with Crippen LogP contribution in [0, 0.1) is 0 Å². The molecule has 2 N–H and O–H groups in total. The number of nitrogens with zero attached hydrogens (tertiary/aromatic N) is 1. The van der Waals surface area contributed by atoms with Crippen molar-refractivity contribution in [1.82, 2.24) is 4.98 Å². The van der Waals surface area contributed by atoms with Crippen LogP contribution in [0.4, 0.5) is 11.4 Å². The van der Waals surface area contributed by atoms with E-state index in [4.69, 9.17) is 4.74 Å². The van der Waals surface area contributed by atoms with Crippen molar-refractivity contribution in [2.75, 3.05) is 24.8 Å². The van der Waals surface area contributed by atoms with Gasteiger partial charge < -0.3 is 15.4 Å². The molecule has 0 aliphatic heterocycles. The zero-order valence-corrected chi connectivity index (χ0v) is 11.5. The highest BCUT2D eigenvalue weighted by Gasteiger charge is 2.10. The number of methoxy groups -OCH3 is 1. The molecule has 2 rings (SSSR count). The Balaban J connectivity index is 2.17. The molecular weight excluding hydrogens is 254 g/mol. The molecule has 0 atom stereocenters. The second-order valence-corrected chi connectivity index (χ2v) is 4.26. The fourth-order valence-corrected chi connectivity index (χ4v) is 1.90. The van der Waals surface area contributed by atoms with Gasteiger partial charge in [0.05, 0.1) is 24.1 Å². The van der Waals surface area contributed by atoms with Crippen molar-refractivity contribution >= 4 is 17.3 Å². The number of nitrogens with one attached hydrogen (secondary N) is 2. The fraction of sp³-hybridized carbons (Fsp3) is 0.200. The van der Waals surface area contributed by atoms with Gasteiger partial charge in [0.25, 0.3) is 5.91 Å². The summed E-state index contributed by atoms with van der Waals surface area (Å²) in [5.41, 5.74) is 3.00. The Bertz CT molecular complexity index is 599. The number of rotatable bonds is 5. The average molecular weight is 271 g/mol. The van der Waals surface area contributed by atoms with Crippen LogP contribution >= 0.6 is 0 Å². The van der Waals surface area contributed by atoms with E-state index >= 15 is 0 Å². The first-order valence-corrected chi connectivity index (χ1v) is 6.25. The molecule has 0 fully saturated rings. The normalized spacial score (nSPS) is 10.1. The monoisotopic (exact) mass is 271 g/mol. The smallest absolute Gasteiger partial charge is 0.257 e. The molecule has 5 nitrogen and oxygen atoms in total. The first-order valence-electron chi connectivity index (χ1n) is 6.25. The summed E-state index contributed by atoms with van der Waals surface area (Å²) < 4.78 is 5.08. The summed E-state index contributed by atoms with van der Waals surface area (Å²) >= 11 is 0. The fourth-order valence-electron chi connectivity index (χ4n) is 1.90. The number of anilines is 2. The second-order valence-electron chi connectivity index (χ2n) is 4.26. The SMILES string of the molecule is CNc1cnccc1C(=O)Nc1cccc(COC)c1. The highest BCUT2D eigenvalue weighted by Crippen LogP contribution is 2.16. The molecule has 1 aromatic heterocycles. The van der Waals surface area contributed by atoms with Gasteiger partial charge in [0.15, 0.2) is 0 Å². The Morgan fingerprint density at radius 3 is 2.95 bits per heavy atom. The summed E-state index contributed by atoms with van der Waals surface area (Å²) in [6, 6.07) is 9.25. The second kappa shape index (κ2) is 6.68. The highest BCUT2D eigenvalue weighted by molar-refractivity contribution is 6.07. The Hall–Kier alpha value is -2.40. The van der Waals surface area contributed by atoms with E-state index in [0.29, 0.717) is 17.9 Å². The van der Waals surface area contributed by atoms with Gasteiger partial charge in [0.1, 0.15) is 0 Å². The van der Waals surface area contributed by atoms with Crippen molar-refractivity contribution < 1.29 is 9.53 Å². The summed E-state index contributed by atoms with van der Waals surface area (Å²) in [6.45, 7) is 0.515. The summed E-state index contributed by atoms with van der Waals surface area (Å²) in [6.07, 6.45) is 3.22. The topological polar surface area (TPSA) is 63.2 Å². The van der Waals surface area contributed by atoms with E-state index in [1.165, 1.54) is 0 Å². The van der Waals surface area contributed by atoms with Gasteiger partial charge in [-0.2, -0.15) is 0 Å². The predicted octanol–water partition coefficient (Wildman–Crippen LogP) is 2.52. The minimum absolute atomic E-state index is 0.175. The molecule has 20 heavy (non-hydrogen) atoms. The third kappa shape index (κ3) is 3.33. The lowest BCUT2D eigenvalue weighted by Crippen LogP contribution is -2.14. The van der Waals surface area contributed by atoms with Crippen LogP contribution in [0.25, 0.3) is 0 Å². The van der Waals surface area contributed by atoms with Crippen LogP contribution in [-0.4, -0.2) is 25.0 Å². The van der Waals surface area contributed by atoms with Gasteiger partial charge >= 0.3 is 0 Å². The molecule has 104 valence electrons. The van der Waals surface area contributed by atoms with Gasteiger partial charge in [-0.15, -0.1) is 0 Å². The van der Waals surface area contributed by atoms with Crippen LogP contribution in [0.15, 0.2) is 42.7 Å². The first-order chi connectivity index (χ1) is 9.74. The Labute approximate surface area is 118 Å². The molecule has 2 aromatic rings. The number of ether oxygens (including phenoxy) is 1. The largest absolute Gasteiger partial charge is 0.386 e. The summed E-state index contributed by atoms with van der Waals surface area (Å²) in [4.78, 5) is 16.2. The number of pyridine rings is 1. The molecule has 0 aliphatic carbocycles. The molecule has 0 saturated carbocycles. The van der Waals surface area contributed by atoms with Crippen LogP contribution < -0.4 is 10.6 Å². The van der Waals surface area contributed by atoms with E-state index in [1.807, 2.05) is 24.3 Å². The average Bonchev–Trinajstić information content (AvgIpc) is 2.48. The van der Waals surface area contributed by atoms with Gasteiger partial charge in [-0.25, -0.2) is 0 Å². The Morgan fingerprint density at radius 1 is 1.35 bits per heavy atom. The van der Waals surface area contributed by atoms with Crippen LogP contribution in [0.3, 0.4) is 0 Å². The maximum atomic E-state index is 12.3. The van der Waals surface area contributed by atoms with E-state index in [9.17, 15) is 4.79 Å². The number of hydrogen-bond acceptors (Lipinski definition) is 4. The maximum Gasteiger partial charge on any atom is 0.257 e. The molecule has 0 bridgehead atoms. The van der Waals surface area contributed by atoms with Gasteiger partial charge in [-0.3, -0.25) is 9.78 Å². The van der Waals surface area contributed by atoms with E-state index in [-0.39, 0.29) is 5.91 Å². The summed E-state index contributed by atoms with van der Waals surface area (Å²) in [5, 5.41) is 5.82. The van der Waals surface area contributed by atoms with Crippen LogP contribution in [-0.2, 0) is 11.3 Å². The van der Waals surface area contributed by atoms with Gasteiger partial charge in [0.2, 0.25) is 0 Å². The summed E-state index contributed by atoms with van der Waals surface area (Å²) in [5.74, 6) is -0.175. The van der Waals surface area contributed by atoms with Crippen molar-refractivity contribution in [3.05, 3.63) is 53.9 Å². The van der Waals surface area contributed by atoms with Crippen molar-refractivity contribution in [3.63, 3.8) is 0 Å². The van der Waals surface area contributed by atoms with E-state index < -0.39 is 0 Å². The highest BCUT2D eigenvalue weighted by atomic mass is 16.5. The maximum absolute atomic E-state index is 12.3. The van der Waals surface area contributed by atoms with Crippen molar-refractivity contribution in [2.24, 2.45) is 0 Å².